The summed E-state index contributed by atoms with van der Waals surface area (Å²) < 4.78 is 13.1. The van der Waals surface area contributed by atoms with E-state index in [4.69, 9.17) is 5.73 Å². The molecule has 0 unspecified atom stereocenters. The molecule has 1 saturated heterocycles. The molecule has 2 N–H and O–H groups in total. The maximum Gasteiger partial charge on any atom is 0.246 e. The summed E-state index contributed by atoms with van der Waals surface area (Å²) in [6.45, 7) is 5.02. The van der Waals surface area contributed by atoms with Gasteiger partial charge >= 0.3 is 0 Å². The molecule has 30 heavy (non-hydrogen) atoms. The van der Waals surface area contributed by atoms with Gasteiger partial charge in [-0.3, -0.25) is 14.7 Å². The van der Waals surface area contributed by atoms with Gasteiger partial charge in [-0.15, -0.1) is 0 Å². The van der Waals surface area contributed by atoms with E-state index in [2.05, 4.69) is 16.8 Å². The molecule has 1 amide bonds. The average molecular weight is 404 g/mol. The number of anilines is 1. The fourth-order valence-electron chi connectivity index (χ4n) is 3.91. The lowest BCUT2D eigenvalue weighted by molar-refractivity contribution is -0.130. The molecule has 154 valence electrons. The number of nitrogens with two attached hydrogens (primary N) is 1. The Morgan fingerprint density at radius 2 is 2.03 bits per heavy atom. The number of pyridine rings is 1. The van der Waals surface area contributed by atoms with Gasteiger partial charge < -0.3 is 10.6 Å². The van der Waals surface area contributed by atoms with Crippen molar-refractivity contribution in [3.8, 4) is 0 Å². The largest absolute Gasteiger partial charge is 0.398 e. The molecule has 1 aromatic heterocycles. The topological polar surface area (TPSA) is 62.5 Å². The van der Waals surface area contributed by atoms with Crippen molar-refractivity contribution in [3.05, 3.63) is 77.7 Å². The Morgan fingerprint density at radius 1 is 1.23 bits per heavy atom. The summed E-state index contributed by atoms with van der Waals surface area (Å²) in [4.78, 5) is 21.3. The van der Waals surface area contributed by atoms with E-state index in [9.17, 15) is 9.18 Å². The first-order valence-corrected chi connectivity index (χ1v) is 10.1. The van der Waals surface area contributed by atoms with Crippen molar-refractivity contribution in [1.29, 1.82) is 0 Å². The Morgan fingerprint density at radius 3 is 2.80 bits per heavy atom. The number of amides is 1. The molecule has 4 rings (SSSR count). The molecule has 0 saturated carbocycles. The van der Waals surface area contributed by atoms with E-state index >= 15 is 0 Å². The van der Waals surface area contributed by atoms with Gasteiger partial charge in [-0.05, 0) is 54.5 Å². The standard InChI is InChI=1S/C24H25FN4O/c1-17-15-28(16-18-4-7-21(25)8-5-18)11-12-29(17)24(30)9-6-19-14-23-20(13-22(19)26)3-2-10-27-23/h2-10,13-14,17H,11-12,15-16,26H2,1H3/t17-/m1/s1. The van der Waals surface area contributed by atoms with Crippen LogP contribution in [0.4, 0.5) is 10.1 Å². The zero-order chi connectivity index (χ0) is 21.1. The lowest BCUT2D eigenvalue weighted by Crippen LogP contribution is -2.53. The zero-order valence-electron chi connectivity index (χ0n) is 17.0. The number of fused-ring (bicyclic) bond motifs is 1. The van der Waals surface area contributed by atoms with Crippen LogP contribution in [0.15, 0.2) is 60.8 Å². The van der Waals surface area contributed by atoms with Crippen LogP contribution in [0.1, 0.15) is 18.1 Å². The molecule has 2 aromatic carbocycles. The van der Waals surface area contributed by atoms with E-state index in [1.54, 1.807) is 18.3 Å². The van der Waals surface area contributed by atoms with Crippen LogP contribution in [0.3, 0.4) is 0 Å². The number of nitrogen functional groups attached to an aromatic ring is 1. The normalized spacial score (nSPS) is 17.7. The predicted molar refractivity (Wildman–Crippen MR) is 118 cm³/mol. The first-order chi connectivity index (χ1) is 14.5. The van der Waals surface area contributed by atoms with Gasteiger partial charge in [-0.2, -0.15) is 0 Å². The number of benzene rings is 2. The smallest absolute Gasteiger partial charge is 0.246 e. The van der Waals surface area contributed by atoms with Gasteiger partial charge in [0, 0.05) is 55.6 Å². The first-order valence-electron chi connectivity index (χ1n) is 10.1. The minimum absolute atomic E-state index is 0.0237. The molecule has 0 aliphatic carbocycles. The average Bonchev–Trinajstić information content (AvgIpc) is 2.74. The van der Waals surface area contributed by atoms with Gasteiger partial charge in [0.2, 0.25) is 5.91 Å². The lowest BCUT2D eigenvalue weighted by atomic mass is 10.1. The fraction of sp³-hybridized carbons (Fsp3) is 0.250. The highest BCUT2D eigenvalue weighted by atomic mass is 19.1. The third-order valence-electron chi connectivity index (χ3n) is 5.53. The highest BCUT2D eigenvalue weighted by Crippen LogP contribution is 2.22. The predicted octanol–water partition coefficient (Wildman–Crippen LogP) is 3.70. The van der Waals surface area contributed by atoms with Crippen molar-refractivity contribution >= 4 is 28.6 Å². The first kappa shape index (κ1) is 20.0. The van der Waals surface area contributed by atoms with Crippen molar-refractivity contribution in [3.63, 3.8) is 0 Å². The molecule has 0 spiro atoms. The molecule has 0 radical (unpaired) electrons. The minimum Gasteiger partial charge on any atom is -0.398 e. The molecule has 2 heterocycles. The van der Waals surface area contributed by atoms with Crippen LogP contribution in [0.2, 0.25) is 0 Å². The van der Waals surface area contributed by atoms with E-state index in [1.807, 2.05) is 41.3 Å². The number of halogens is 1. The van der Waals surface area contributed by atoms with E-state index in [1.165, 1.54) is 12.1 Å². The Balaban J connectivity index is 1.39. The van der Waals surface area contributed by atoms with Crippen LogP contribution in [0.25, 0.3) is 17.0 Å². The summed E-state index contributed by atoms with van der Waals surface area (Å²) in [5.41, 5.74) is 9.48. The molecule has 3 aromatic rings. The second-order valence-electron chi connectivity index (χ2n) is 7.75. The maximum absolute atomic E-state index is 13.1. The number of carbonyl (C=O) groups is 1. The molecule has 0 bridgehead atoms. The molecule has 6 heteroatoms. The molecule has 1 aliphatic heterocycles. The summed E-state index contributed by atoms with van der Waals surface area (Å²) >= 11 is 0. The summed E-state index contributed by atoms with van der Waals surface area (Å²) in [5, 5.41) is 0.976. The van der Waals surface area contributed by atoms with Gasteiger partial charge in [-0.1, -0.05) is 18.2 Å². The number of piperazine rings is 1. The van der Waals surface area contributed by atoms with E-state index in [0.29, 0.717) is 12.2 Å². The van der Waals surface area contributed by atoms with Crippen LogP contribution in [-0.2, 0) is 11.3 Å². The number of hydrogen-bond donors (Lipinski definition) is 1. The van der Waals surface area contributed by atoms with E-state index < -0.39 is 0 Å². The summed E-state index contributed by atoms with van der Waals surface area (Å²) in [7, 11) is 0. The Bertz CT molecular complexity index is 1080. The van der Waals surface area contributed by atoms with E-state index in [-0.39, 0.29) is 17.8 Å². The minimum atomic E-state index is -0.225. The SMILES string of the molecule is C[C@@H]1CN(Cc2ccc(F)cc2)CCN1C(=O)C=Cc1cc2ncccc2cc1N. The second kappa shape index (κ2) is 8.63. The summed E-state index contributed by atoms with van der Waals surface area (Å²) in [6.07, 6.45) is 5.10. The third kappa shape index (κ3) is 4.49. The highest BCUT2D eigenvalue weighted by Gasteiger charge is 2.26. The van der Waals surface area contributed by atoms with Crippen LogP contribution < -0.4 is 5.73 Å². The molecule has 1 fully saturated rings. The summed E-state index contributed by atoms with van der Waals surface area (Å²) in [5.74, 6) is -0.249. The fourth-order valence-corrected chi connectivity index (χ4v) is 3.91. The lowest BCUT2D eigenvalue weighted by Gasteiger charge is -2.39. The maximum atomic E-state index is 13.1. The Hall–Kier alpha value is -3.25. The molecule has 1 atom stereocenters. The van der Waals surface area contributed by atoms with Crippen molar-refractivity contribution in [2.24, 2.45) is 0 Å². The number of aromatic nitrogens is 1. The zero-order valence-corrected chi connectivity index (χ0v) is 17.0. The summed E-state index contributed by atoms with van der Waals surface area (Å²) in [6, 6.07) is 14.3. The van der Waals surface area contributed by atoms with Crippen molar-refractivity contribution in [2.45, 2.75) is 19.5 Å². The third-order valence-corrected chi connectivity index (χ3v) is 5.53. The van der Waals surface area contributed by atoms with Crippen molar-refractivity contribution < 1.29 is 9.18 Å². The van der Waals surface area contributed by atoms with Crippen LogP contribution >= 0.6 is 0 Å². The van der Waals surface area contributed by atoms with Gasteiger partial charge in [0.1, 0.15) is 5.82 Å². The molecule has 5 nitrogen and oxygen atoms in total. The molecular formula is C24H25FN4O. The van der Waals surface area contributed by atoms with Gasteiger partial charge in [0.05, 0.1) is 5.52 Å². The Kier molecular flexibility index (Phi) is 5.77. The number of rotatable bonds is 4. The highest BCUT2D eigenvalue weighted by molar-refractivity contribution is 5.94. The van der Waals surface area contributed by atoms with Gasteiger partial charge in [-0.25, -0.2) is 4.39 Å². The quantitative estimate of drug-likeness (QED) is 0.532. The van der Waals surface area contributed by atoms with Crippen molar-refractivity contribution in [2.75, 3.05) is 25.4 Å². The van der Waals surface area contributed by atoms with Crippen LogP contribution in [-0.4, -0.2) is 46.4 Å². The van der Waals surface area contributed by atoms with Gasteiger partial charge in [0.25, 0.3) is 0 Å². The molecular weight excluding hydrogens is 379 g/mol. The van der Waals surface area contributed by atoms with Crippen molar-refractivity contribution in [1.82, 2.24) is 14.8 Å². The number of nitrogens with zero attached hydrogens (tertiary/aromatic N) is 3. The second-order valence-corrected chi connectivity index (χ2v) is 7.75. The van der Waals surface area contributed by atoms with E-state index in [0.717, 1.165) is 41.7 Å². The van der Waals surface area contributed by atoms with Crippen LogP contribution in [0, 0.1) is 5.82 Å². The Labute approximate surface area is 175 Å². The van der Waals surface area contributed by atoms with Gasteiger partial charge in [0.15, 0.2) is 0 Å². The number of hydrogen-bond acceptors (Lipinski definition) is 4. The monoisotopic (exact) mass is 404 g/mol. The van der Waals surface area contributed by atoms with Crippen LogP contribution in [0.5, 0.6) is 0 Å². The number of carbonyl (C=O) groups excluding carboxylic acids is 1. The molecule has 1 aliphatic rings.